The fourth-order valence-electron chi connectivity index (χ4n) is 3.44. The molecule has 8 heteroatoms. The zero-order chi connectivity index (χ0) is 21.6. The van der Waals surface area contributed by atoms with Crippen molar-refractivity contribution in [3.8, 4) is 28.5 Å². The number of tetrazole rings is 1. The predicted octanol–water partition coefficient (Wildman–Crippen LogP) is 4.16. The standard InChI is InChI=1S/C23H27N7O/c1-4-31-23-24-21(14-9-16(2)3)30(27-23)15-17-10-12-18(13-11-17)19-7-5-6-8-20(19)22-25-28-29-26-22/h5-8,10-13,16H,4,9,14-15H2,1-3H3,(H,25,26,28,29). The number of aromatic nitrogens is 7. The first kappa shape index (κ1) is 20.7. The lowest BCUT2D eigenvalue weighted by Gasteiger charge is -2.10. The molecule has 0 atom stereocenters. The molecular weight excluding hydrogens is 390 g/mol. The number of ether oxygens (including phenoxy) is 1. The number of nitrogens with zero attached hydrogens (tertiary/aromatic N) is 6. The van der Waals surface area contributed by atoms with Crippen molar-refractivity contribution in [3.05, 3.63) is 59.9 Å². The van der Waals surface area contributed by atoms with Crippen molar-refractivity contribution < 1.29 is 4.74 Å². The summed E-state index contributed by atoms with van der Waals surface area (Å²) in [6.45, 7) is 7.59. The summed E-state index contributed by atoms with van der Waals surface area (Å²) in [5.74, 6) is 2.16. The molecule has 0 amide bonds. The zero-order valence-electron chi connectivity index (χ0n) is 18.1. The zero-order valence-corrected chi connectivity index (χ0v) is 18.1. The van der Waals surface area contributed by atoms with E-state index in [9.17, 15) is 0 Å². The predicted molar refractivity (Wildman–Crippen MR) is 119 cm³/mol. The van der Waals surface area contributed by atoms with E-state index >= 15 is 0 Å². The van der Waals surface area contributed by atoms with Crippen molar-refractivity contribution in [1.29, 1.82) is 0 Å². The fourth-order valence-corrected chi connectivity index (χ4v) is 3.44. The topological polar surface area (TPSA) is 94.4 Å². The van der Waals surface area contributed by atoms with Gasteiger partial charge in [-0.25, -0.2) is 4.68 Å². The Hall–Kier alpha value is -3.55. The molecule has 31 heavy (non-hydrogen) atoms. The van der Waals surface area contributed by atoms with Gasteiger partial charge in [0.05, 0.1) is 13.2 Å². The molecule has 1 N–H and O–H groups in total. The van der Waals surface area contributed by atoms with Gasteiger partial charge < -0.3 is 4.74 Å². The van der Waals surface area contributed by atoms with E-state index in [1.807, 2.05) is 29.8 Å². The Balaban J connectivity index is 1.56. The van der Waals surface area contributed by atoms with Crippen LogP contribution in [0.3, 0.4) is 0 Å². The summed E-state index contributed by atoms with van der Waals surface area (Å²) in [7, 11) is 0. The van der Waals surface area contributed by atoms with Crippen LogP contribution in [0.4, 0.5) is 0 Å². The third-order valence-electron chi connectivity index (χ3n) is 5.06. The van der Waals surface area contributed by atoms with Gasteiger partial charge in [-0.2, -0.15) is 10.2 Å². The quantitative estimate of drug-likeness (QED) is 0.439. The van der Waals surface area contributed by atoms with Crippen LogP contribution in [0.25, 0.3) is 22.5 Å². The van der Waals surface area contributed by atoms with Crippen LogP contribution >= 0.6 is 0 Å². The van der Waals surface area contributed by atoms with Crippen molar-refractivity contribution >= 4 is 0 Å². The third-order valence-corrected chi connectivity index (χ3v) is 5.06. The number of hydrogen-bond acceptors (Lipinski definition) is 6. The molecular formula is C23H27N7O. The number of aryl methyl sites for hydroxylation is 1. The summed E-state index contributed by atoms with van der Waals surface area (Å²) in [6, 6.07) is 17.0. The first-order chi connectivity index (χ1) is 15.1. The lowest BCUT2D eigenvalue weighted by atomic mass is 9.98. The van der Waals surface area contributed by atoms with Gasteiger partial charge in [0.15, 0.2) is 0 Å². The molecule has 2 aromatic heterocycles. The van der Waals surface area contributed by atoms with Crippen LogP contribution in [0.15, 0.2) is 48.5 Å². The Morgan fingerprint density at radius 3 is 2.48 bits per heavy atom. The van der Waals surface area contributed by atoms with E-state index in [4.69, 9.17) is 4.74 Å². The summed E-state index contributed by atoms with van der Waals surface area (Å²) < 4.78 is 7.49. The Labute approximate surface area is 181 Å². The normalized spacial score (nSPS) is 11.2. The summed E-state index contributed by atoms with van der Waals surface area (Å²) >= 11 is 0. The lowest BCUT2D eigenvalue weighted by Crippen LogP contribution is -2.08. The van der Waals surface area contributed by atoms with Gasteiger partial charge in [0.1, 0.15) is 5.82 Å². The molecule has 2 aromatic carbocycles. The van der Waals surface area contributed by atoms with Gasteiger partial charge in [0.25, 0.3) is 0 Å². The SMILES string of the molecule is CCOc1nc(CCC(C)C)n(Cc2ccc(-c3ccccc3-c3nn[nH]n3)cc2)n1. The molecule has 8 nitrogen and oxygen atoms in total. The van der Waals surface area contributed by atoms with Gasteiger partial charge in [-0.15, -0.1) is 15.3 Å². The Morgan fingerprint density at radius 2 is 1.81 bits per heavy atom. The Kier molecular flexibility index (Phi) is 6.35. The number of rotatable bonds is 9. The fraction of sp³-hybridized carbons (Fsp3) is 0.348. The molecule has 0 unspecified atom stereocenters. The molecule has 0 saturated carbocycles. The van der Waals surface area contributed by atoms with Gasteiger partial charge in [-0.1, -0.05) is 62.4 Å². The Morgan fingerprint density at radius 1 is 1.03 bits per heavy atom. The first-order valence-electron chi connectivity index (χ1n) is 10.6. The van der Waals surface area contributed by atoms with Crippen LogP contribution < -0.4 is 4.74 Å². The summed E-state index contributed by atoms with van der Waals surface area (Å²) in [5, 5.41) is 19.0. The van der Waals surface area contributed by atoms with Crippen LogP contribution in [0.1, 0.15) is 38.6 Å². The van der Waals surface area contributed by atoms with Crippen molar-refractivity contribution in [1.82, 2.24) is 35.4 Å². The van der Waals surface area contributed by atoms with E-state index in [1.54, 1.807) is 0 Å². The summed E-state index contributed by atoms with van der Waals surface area (Å²) in [4.78, 5) is 4.58. The highest BCUT2D eigenvalue weighted by molar-refractivity contribution is 5.80. The van der Waals surface area contributed by atoms with Crippen LogP contribution in [0.5, 0.6) is 6.01 Å². The molecule has 160 valence electrons. The van der Waals surface area contributed by atoms with E-state index in [-0.39, 0.29) is 0 Å². The van der Waals surface area contributed by atoms with Crippen molar-refractivity contribution in [2.45, 2.75) is 40.2 Å². The molecule has 0 spiro atoms. The van der Waals surface area contributed by atoms with E-state index in [1.165, 1.54) is 0 Å². The van der Waals surface area contributed by atoms with Crippen LogP contribution in [-0.4, -0.2) is 42.0 Å². The first-order valence-corrected chi connectivity index (χ1v) is 10.6. The highest BCUT2D eigenvalue weighted by Gasteiger charge is 2.13. The average Bonchev–Trinajstić information content (AvgIpc) is 3.43. The minimum atomic E-state index is 0.451. The Bertz CT molecular complexity index is 1100. The molecule has 0 aliphatic carbocycles. The second kappa shape index (κ2) is 9.51. The molecule has 0 bridgehead atoms. The maximum absolute atomic E-state index is 5.53. The van der Waals surface area contributed by atoms with Gasteiger partial charge in [0, 0.05) is 12.0 Å². The van der Waals surface area contributed by atoms with Gasteiger partial charge in [0.2, 0.25) is 5.82 Å². The van der Waals surface area contributed by atoms with Crippen molar-refractivity contribution in [2.75, 3.05) is 6.61 Å². The van der Waals surface area contributed by atoms with E-state index in [2.05, 4.69) is 74.9 Å². The monoisotopic (exact) mass is 417 g/mol. The molecule has 2 heterocycles. The molecule has 0 aliphatic rings. The smallest absolute Gasteiger partial charge is 0.335 e. The lowest BCUT2D eigenvalue weighted by molar-refractivity contribution is 0.311. The van der Waals surface area contributed by atoms with Gasteiger partial charge in [-0.3, -0.25) is 0 Å². The van der Waals surface area contributed by atoms with E-state index in [0.29, 0.717) is 30.9 Å². The summed E-state index contributed by atoms with van der Waals surface area (Å²) in [6.07, 6.45) is 1.95. The minimum Gasteiger partial charge on any atom is -0.463 e. The highest BCUT2D eigenvalue weighted by atomic mass is 16.5. The van der Waals surface area contributed by atoms with E-state index < -0.39 is 0 Å². The second-order valence-corrected chi connectivity index (χ2v) is 7.81. The van der Waals surface area contributed by atoms with Crippen LogP contribution in [-0.2, 0) is 13.0 Å². The third kappa shape index (κ3) is 4.96. The minimum absolute atomic E-state index is 0.451. The largest absolute Gasteiger partial charge is 0.463 e. The maximum atomic E-state index is 5.53. The molecule has 0 saturated heterocycles. The van der Waals surface area contributed by atoms with E-state index in [0.717, 1.165) is 40.9 Å². The maximum Gasteiger partial charge on any atom is 0.335 e. The molecule has 4 rings (SSSR count). The number of hydrogen-bond donors (Lipinski definition) is 1. The molecule has 0 fully saturated rings. The number of nitrogens with one attached hydrogen (secondary N) is 1. The molecule has 4 aromatic rings. The van der Waals surface area contributed by atoms with Crippen LogP contribution in [0, 0.1) is 5.92 Å². The number of benzene rings is 2. The summed E-state index contributed by atoms with van der Waals surface area (Å²) in [5.41, 5.74) is 4.25. The highest BCUT2D eigenvalue weighted by Crippen LogP contribution is 2.29. The second-order valence-electron chi connectivity index (χ2n) is 7.81. The van der Waals surface area contributed by atoms with Crippen molar-refractivity contribution in [3.63, 3.8) is 0 Å². The van der Waals surface area contributed by atoms with Gasteiger partial charge >= 0.3 is 6.01 Å². The van der Waals surface area contributed by atoms with Crippen molar-refractivity contribution in [2.24, 2.45) is 5.92 Å². The number of aromatic amines is 1. The van der Waals surface area contributed by atoms with Crippen LogP contribution in [0.2, 0.25) is 0 Å². The molecule has 0 aliphatic heterocycles. The van der Waals surface area contributed by atoms with Gasteiger partial charge in [-0.05, 0) is 41.2 Å². The average molecular weight is 418 g/mol. The number of H-pyrrole nitrogens is 1. The molecule has 0 radical (unpaired) electrons.